The summed E-state index contributed by atoms with van der Waals surface area (Å²) < 4.78 is 0. The Balaban J connectivity index is 1.70. The van der Waals surface area contributed by atoms with E-state index in [4.69, 9.17) is 0 Å². The largest absolute Gasteiger partial charge is 0.480 e. The van der Waals surface area contributed by atoms with Crippen LogP contribution in [0.3, 0.4) is 0 Å². The molecule has 144 valence electrons. The molecule has 2 saturated heterocycles. The summed E-state index contributed by atoms with van der Waals surface area (Å²) in [6.07, 6.45) is 7.72. The fraction of sp³-hybridized carbons (Fsp3) is 0.762. The quantitative estimate of drug-likeness (QED) is 0.516. The molecule has 2 heterocycles. The van der Waals surface area contributed by atoms with Crippen LogP contribution in [0.4, 0.5) is 0 Å². The number of aliphatic carboxylic acids is 1. The van der Waals surface area contributed by atoms with Crippen molar-refractivity contribution in [3.63, 3.8) is 0 Å². The van der Waals surface area contributed by atoms with Gasteiger partial charge in [-0.3, -0.25) is 9.69 Å². The third kappa shape index (κ3) is 3.69. The van der Waals surface area contributed by atoms with Crippen molar-refractivity contribution in [1.29, 1.82) is 0 Å². The highest BCUT2D eigenvalue weighted by Gasteiger charge is 2.54. The molecule has 4 unspecified atom stereocenters. The van der Waals surface area contributed by atoms with Gasteiger partial charge in [0.15, 0.2) is 0 Å². The van der Waals surface area contributed by atoms with Crippen LogP contribution in [0, 0.1) is 29.6 Å². The van der Waals surface area contributed by atoms with Gasteiger partial charge in [-0.05, 0) is 50.9 Å². The fourth-order valence-electron chi connectivity index (χ4n) is 5.27. The van der Waals surface area contributed by atoms with E-state index in [0.717, 1.165) is 19.3 Å². The maximum absolute atomic E-state index is 11.7. The number of hydrogen-bond acceptors (Lipinski definition) is 4. The van der Waals surface area contributed by atoms with E-state index in [0.29, 0.717) is 25.3 Å². The van der Waals surface area contributed by atoms with Crippen molar-refractivity contribution in [1.82, 2.24) is 4.90 Å². The Morgan fingerprint density at radius 3 is 2.81 bits per heavy atom. The lowest BCUT2D eigenvalue weighted by Gasteiger charge is -2.38. The predicted octanol–water partition coefficient (Wildman–Crippen LogP) is 2.03. The van der Waals surface area contributed by atoms with E-state index >= 15 is 0 Å². The van der Waals surface area contributed by atoms with Crippen LogP contribution in [0.25, 0.3) is 0 Å². The number of aliphatic hydroxyl groups excluding tert-OH is 2. The summed E-state index contributed by atoms with van der Waals surface area (Å²) in [6, 6.07) is 0.0652. The zero-order chi connectivity index (χ0) is 18.8. The Hall–Kier alpha value is -1.35. The van der Waals surface area contributed by atoms with Gasteiger partial charge in [0.1, 0.15) is 6.04 Å². The summed E-state index contributed by atoms with van der Waals surface area (Å²) in [4.78, 5) is 13.8. The second kappa shape index (κ2) is 8.12. The first-order chi connectivity index (χ1) is 12.4. The molecule has 3 rings (SSSR count). The molecule has 5 nitrogen and oxygen atoms in total. The lowest BCUT2D eigenvalue weighted by molar-refractivity contribution is -0.146. The Morgan fingerprint density at radius 1 is 1.35 bits per heavy atom. The van der Waals surface area contributed by atoms with Gasteiger partial charge in [-0.1, -0.05) is 19.1 Å². The number of nitrogens with zero attached hydrogens (tertiary/aromatic N) is 1. The fourth-order valence-corrected chi connectivity index (χ4v) is 5.27. The van der Waals surface area contributed by atoms with Gasteiger partial charge in [0.05, 0.1) is 12.2 Å². The summed E-state index contributed by atoms with van der Waals surface area (Å²) >= 11 is 0. The van der Waals surface area contributed by atoms with Gasteiger partial charge in [0.2, 0.25) is 0 Å². The summed E-state index contributed by atoms with van der Waals surface area (Å²) in [6.45, 7) is 3.77. The van der Waals surface area contributed by atoms with Crippen LogP contribution < -0.4 is 0 Å². The van der Waals surface area contributed by atoms with Crippen molar-refractivity contribution in [3.05, 3.63) is 12.2 Å². The molecule has 0 radical (unpaired) electrons. The number of fused-ring (bicyclic) bond motifs is 3. The van der Waals surface area contributed by atoms with E-state index in [2.05, 4.69) is 16.7 Å². The van der Waals surface area contributed by atoms with Gasteiger partial charge in [-0.25, -0.2) is 0 Å². The van der Waals surface area contributed by atoms with Crippen molar-refractivity contribution in [2.75, 3.05) is 0 Å². The lowest BCUT2D eigenvalue weighted by atomic mass is 9.88. The molecule has 0 aromatic heterocycles. The number of carboxylic acid groups (broad SMARTS) is 1. The SMILES string of the molecule is CC#CCC(C)[C@H](O)C=C[C@H]1[C@H](O)CC2[C@@H]1CC1CCCC(C(=O)O)N12. The number of carbonyl (C=O) groups is 1. The minimum atomic E-state index is -0.731. The van der Waals surface area contributed by atoms with Crippen LogP contribution in [0.5, 0.6) is 0 Å². The molecule has 0 amide bonds. The standard InChI is InChI=1S/C21H31NO4/c1-3-4-6-13(2)19(23)10-9-15-16-11-14-7-5-8-17(21(25)26)22(14)18(16)12-20(15)24/h9-10,13-20,23-24H,5-8,11-12H2,1-2H3,(H,25,26)/t13?,14?,15-,16-,17?,18?,19-,20-/m1/s1. The topological polar surface area (TPSA) is 81.0 Å². The van der Waals surface area contributed by atoms with Crippen LogP contribution >= 0.6 is 0 Å². The molecule has 5 heteroatoms. The van der Waals surface area contributed by atoms with Gasteiger partial charge in [-0.15, -0.1) is 11.8 Å². The zero-order valence-electron chi connectivity index (χ0n) is 15.7. The Bertz CT molecular complexity index is 607. The highest BCUT2D eigenvalue weighted by Crippen LogP contribution is 2.49. The van der Waals surface area contributed by atoms with E-state index in [1.165, 1.54) is 0 Å². The monoisotopic (exact) mass is 361 g/mol. The number of carboxylic acids is 1. The van der Waals surface area contributed by atoms with E-state index in [1.54, 1.807) is 6.92 Å². The first-order valence-corrected chi connectivity index (χ1v) is 9.88. The molecule has 0 spiro atoms. The number of aliphatic hydroxyl groups is 2. The van der Waals surface area contributed by atoms with Crippen molar-refractivity contribution in [2.45, 2.75) is 82.7 Å². The van der Waals surface area contributed by atoms with Crippen molar-refractivity contribution >= 4 is 5.97 Å². The number of hydrogen-bond donors (Lipinski definition) is 3. The summed E-state index contributed by atoms with van der Waals surface area (Å²) in [5.41, 5.74) is 0. The van der Waals surface area contributed by atoms with E-state index in [9.17, 15) is 20.1 Å². The maximum Gasteiger partial charge on any atom is 0.320 e. The molecule has 0 aromatic rings. The second-order valence-electron chi connectivity index (χ2n) is 8.22. The third-order valence-electron chi connectivity index (χ3n) is 6.64. The van der Waals surface area contributed by atoms with Gasteiger partial charge in [0, 0.05) is 24.4 Å². The zero-order valence-corrected chi connectivity index (χ0v) is 15.7. The predicted molar refractivity (Wildman–Crippen MR) is 99.3 cm³/mol. The molecular weight excluding hydrogens is 330 g/mol. The summed E-state index contributed by atoms with van der Waals surface area (Å²) in [5.74, 6) is 5.45. The Morgan fingerprint density at radius 2 is 2.12 bits per heavy atom. The van der Waals surface area contributed by atoms with Crippen molar-refractivity contribution < 1.29 is 20.1 Å². The average Bonchev–Trinajstić information content (AvgIpc) is 3.11. The first-order valence-electron chi connectivity index (χ1n) is 9.88. The van der Waals surface area contributed by atoms with Crippen LogP contribution in [-0.2, 0) is 4.79 Å². The molecular formula is C21H31NO4. The first kappa shape index (κ1) is 19.4. The third-order valence-corrected chi connectivity index (χ3v) is 6.64. The Kier molecular flexibility index (Phi) is 6.06. The molecule has 3 N–H and O–H groups in total. The summed E-state index contributed by atoms with van der Waals surface area (Å²) in [5, 5.41) is 30.5. The lowest BCUT2D eigenvalue weighted by Crippen LogP contribution is -2.51. The molecule has 1 saturated carbocycles. The van der Waals surface area contributed by atoms with Gasteiger partial charge in [0.25, 0.3) is 0 Å². The van der Waals surface area contributed by atoms with Crippen LogP contribution in [-0.4, -0.2) is 56.5 Å². The molecule has 0 aromatic carbocycles. The molecule has 2 aliphatic heterocycles. The summed E-state index contributed by atoms with van der Waals surface area (Å²) in [7, 11) is 0. The highest BCUT2D eigenvalue weighted by molar-refractivity contribution is 5.73. The van der Waals surface area contributed by atoms with Gasteiger partial charge < -0.3 is 15.3 Å². The van der Waals surface area contributed by atoms with Gasteiger partial charge >= 0.3 is 5.97 Å². The van der Waals surface area contributed by atoms with E-state index in [-0.39, 0.29) is 23.8 Å². The smallest absolute Gasteiger partial charge is 0.320 e. The molecule has 0 bridgehead atoms. The maximum atomic E-state index is 11.7. The van der Waals surface area contributed by atoms with Crippen LogP contribution in [0.1, 0.15) is 52.4 Å². The normalized spacial score (nSPS) is 39.1. The number of piperidine rings is 1. The Labute approximate surface area is 156 Å². The average molecular weight is 361 g/mol. The number of rotatable bonds is 5. The highest BCUT2D eigenvalue weighted by atomic mass is 16.4. The van der Waals surface area contributed by atoms with Crippen LogP contribution in [0.15, 0.2) is 12.2 Å². The second-order valence-corrected chi connectivity index (χ2v) is 8.22. The van der Waals surface area contributed by atoms with E-state index < -0.39 is 24.2 Å². The minimum Gasteiger partial charge on any atom is -0.480 e. The molecule has 3 fully saturated rings. The molecule has 1 aliphatic carbocycles. The van der Waals surface area contributed by atoms with Crippen molar-refractivity contribution in [3.8, 4) is 11.8 Å². The molecule has 8 atom stereocenters. The molecule has 26 heavy (non-hydrogen) atoms. The van der Waals surface area contributed by atoms with E-state index in [1.807, 2.05) is 19.1 Å². The molecule has 3 aliphatic rings. The van der Waals surface area contributed by atoms with Crippen molar-refractivity contribution in [2.24, 2.45) is 17.8 Å². The minimum absolute atomic E-state index is 0.000783. The van der Waals surface area contributed by atoms with Gasteiger partial charge in [-0.2, -0.15) is 0 Å². The van der Waals surface area contributed by atoms with Crippen LogP contribution in [0.2, 0.25) is 0 Å².